The number of hydrogen-bond donors (Lipinski definition) is 3. The Morgan fingerprint density at radius 2 is 1.08 bits per heavy atom. The van der Waals surface area contributed by atoms with Gasteiger partial charge < -0.3 is 24.6 Å². The number of aliphatic hydroxyl groups excluding tert-OH is 2. The van der Waals surface area contributed by atoms with Crippen molar-refractivity contribution in [3.05, 3.63) is 60.8 Å². The van der Waals surface area contributed by atoms with Crippen molar-refractivity contribution < 1.29 is 47.8 Å². The molecule has 0 aromatic rings. The molecule has 0 amide bonds. The molecule has 0 aliphatic carbocycles. The van der Waals surface area contributed by atoms with Crippen molar-refractivity contribution in [3.63, 3.8) is 0 Å². The summed E-state index contributed by atoms with van der Waals surface area (Å²) in [6.45, 7) is 2.16. The number of unbranched alkanes of at least 4 members (excludes halogenated alkanes) is 11. The Bertz CT molecular complexity index is 1040. The van der Waals surface area contributed by atoms with Crippen LogP contribution in [-0.4, -0.2) is 65.7 Å². The van der Waals surface area contributed by atoms with Gasteiger partial charge in [-0.15, -0.1) is 0 Å². The maximum absolute atomic E-state index is 12.5. The lowest BCUT2D eigenvalue weighted by atomic mass is 10.1. The molecule has 0 heterocycles. The highest BCUT2D eigenvalue weighted by Gasteiger charge is 2.27. The second-order valence-corrected chi connectivity index (χ2v) is 14.0. The van der Waals surface area contributed by atoms with Crippen molar-refractivity contribution >= 4 is 19.8 Å². The molecule has 3 atom stereocenters. The van der Waals surface area contributed by atoms with Gasteiger partial charge in [0.05, 0.1) is 19.8 Å². The number of carbonyl (C=O) groups is 2. The van der Waals surface area contributed by atoms with Crippen LogP contribution in [0.4, 0.5) is 0 Å². The smallest absolute Gasteiger partial charge is 0.462 e. The molecule has 10 nitrogen and oxygen atoms in total. The Kier molecular flexibility index (Phi) is 34.4. The normalized spacial score (nSPS) is 14.7. The Morgan fingerprint density at radius 1 is 0.608 bits per heavy atom. The Balaban J connectivity index is 4.47. The van der Waals surface area contributed by atoms with E-state index in [9.17, 15) is 24.2 Å². The maximum atomic E-state index is 12.5. The molecule has 0 saturated heterocycles. The Labute approximate surface area is 308 Å². The van der Waals surface area contributed by atoms with E-state index < -0.39 is 51.8 Å². The molecule has 0 bridgehead atoms. The van der Waals surface area contributed by atoms with Gasteiger partial charge in [0.2, 0.25) is 0 Å². The zero-order chi connectivity index (χ0) is 37.7. The van der Waals surface area contributed by atoms with Gasteiger partial charge in [-0.3, -0.25) is 18.6 Å². The molecule has 0 radical (unpaired) electrons. The van der Waals surface area contributed by atoms with Crippen molar-refractivity contribution in [3.8, 4) is 0 Å². The SMILES string of the molecule is CC/C=C\C/C=C\C/C=C\C/C=C\CCCCC(=O)O[C@H](COC(=O)CCCCCCC/C=C\CCCCCC)COP(=O)(O)OC[C@@H](O)CO. The largest absolute Gasteiger partial charge is 0.472 e. The third-order valence-corrected chi connectivity index (χ3v) is 8.61. The third-order valence-electron chi connectivity index (χ3n) is 7.66. The summed E-state index contributed by atoms with van der Waals surface area (Å²) < 4.78 is 32.5. The van der Waals surface area contributed by atoms with Gasteiger partial charge in [0, 0.05) is 12.8 Å². The minimum absolute atomic E-state index is 0.128. The first-order chi connectivity index (χ1) is 24.7. The van der Waals surface area contributed by atoms with Crippen molar-refractivity contribution in [2.45, 2.75) is 154 Å². The van der Waals surface area contributed by atoms with Gasteiger partial charge in [-0.25, -0.2) is 4.57 Å². The first-order valence-electron chi connectivity index (χ1n) is 19.2. The molecule has 0 aromatic heterocycles. The highest BCUT2D eigenvalue weighted by Crippen LogP contribution is 2.43. The second-order valence-electron chi connectivity index (χ2n) is 12.6. The molecule has 0 aliphatic rings. The van der Waals surface area contributed by atoms with E-state index in [0.29, 0.717) is 12.8 Å². The van der Waals surface area contributed by atoms with Crippen LogP contribution in [0.25, 0.3) is 0 Å². The predicted molar refractivity (Wildman–Crippen MR) is 205 cm³/mol. The zero-order valence-corrected chi connectivity index (χ0v) is 32.4. The van der Waals surface area contributed by atoms with Crippen LogP contribution < -0.4 is 0 Å². The molecule has 11 heteroatoms. The van der Waals surface area contributed by atoms with Crippen LogP contribution in [0.2, 0.25) is 0 Å². The van der Waals surface area contributed by atoms with Crippen molar-refractivity contribution in [2.24, 2.45) is 0 Å². The van der Waals surface area contributed by atoms with Crippen molar-refractivity contribution in [1.29, 1.82) is 0 Å². The molecule has 0 spiro atoms. The van der Waals surface area contributed by atoms with E-state index in [1.807, 2.05) is 0 Å². The second kappa shape index (κ2) is 36.0. The summed E-state index contributed by atoms with van der Waals surface area (Å²) in [6, 6.07) is 0. The van der Waals surface area contributed by atoms with Crippen molar-refractivity contribution in [1.82, 2.24) is 0 Å². The van der Waals surface area contributed by atoms with E-state index >= 15 is 0 Å². The van der Waals surface area contributed by atoms with Crippen molar-refractivity contribution in [2.75, 3.05) is 26.4 Å². The number of allylic oxidation sites excluding steroid dienone is 10. The molecule has 3 N–H and O–H groups in total. The summed E-state index contributed by atoms with van der Waals surface area (Å²) in [4.78, 5) is 34.8. The number of hydrogen-bond acceptors (Lipinski definition) is 9. The lowest BCUT2D eigenvalue weighted by molar-refractivity contribution is -0.161. The fraction of sp³-hybridized carbons (Fsp3) is 0.700. The van der Waals surface area contributed by atoms with E-state index in [-0.39, 0.29) is 19.4 Å². The molecule has 0 saturated carbocycles. The van der Waals surface area contributed by atoms with Gasteiger partial charge in [-0.1, -0.05) is 113 Å². The number of phosphoric acid groups is 1. The highest BCUT2D eigenvalue weighted by atomic mass is 31.2. The van der Waals surface area contributed by atoms with Gasteiger partial charge in [0.25, 0.3) is 0 Å². The first kappa shape index (κ1) is 48.7. The highest BCUT2D eigenvalue weighted by molar-refractivity contribution is 7.47. The van der Waals surface area contributed by atoms with Crippen LogP contribution in [-0.2, 0) is 32.7 Å². The minimum Gasteiger partial charge on any atom is -0.462 e. The van der Waals surface area contributed by atoms with E-state index in [4.69, 9.17) is 19.1 Å². The Hall–Kier alpha value is -2.33. The van der Waals surface area contributed by atoms with E-state index in [1.165, 1.54) is 25.7 Å². The molecule has 1 unspecified atom stereocenters. The quantitative estimate of drug-likeness (QED) is 0.0248. The summed E-state index contributed by atoms with van der Waals surface area (Å²) in [5.74, 6) is -0.991. The maximum Gasteiger partial charge on any atom is 0.472 e. The number of phosphoric ester groups is 1. The number of carbonyl (C=O) groups excluding carboxylic acids is 2. The van der Waals surface area contributed by atoms with E-state index in [1.54, 1.807) is 0 Å². The molecule has 0 aromatic carbocycles. The molecule has 51 heavy (non-hydrogen) atoms. The first-order valence-corrected chi connectivity index (χ1v) is 20.7. The topological polar surface area (TPSA) is 149 Å². The van der Waals surface area contributed by atoms with E-state index in [2.05, 4.69) is 79.1 Å². The number of ether oxygens (including phenoxy) is 2. The van der Waals surface area contributed by atoms with Gasteiger partial charge >= 0.3 is 19.8 Å². The zero-order valence-electron chi connectivity index (χ0n) is 31.5. The summed E-state index contributed by atoms with van der Waals surface area (Å²) in [5, 5.41) is 18.3. The van der Waals surface area contributed by atoms with Crippen LogP contribution >= 0.6 is 7.82 Å². The fourth-order valence-corrected chi connectivity index (χ4v) is 5.47. The third kappa shape index (κ3) is 35.8. The van der Waals surface area contributed by atoms with E-state index in [0.717, 1.165) is 77.0 Å². The lowest BCUT2D eigenvalue weighted by Gasteiger charge is -2.20. The summed E-state index contributed by atoms with van der Waals surface area (Å²) >= 11 is 0. The van der Waals surface area contributed by atoms with Gasteiger partial charge in [-0.2, -0.15) is 0 Å². The van der Waals surface area contributed by atoms with Crippen LogP contribution in [0.3, 0.4) is 0 Å². The van der Waals surface area contributed by atoms with Gasteiger partial charge in [-0.05, 0) is 77.0 Å². The number of esters is 2. The molecule has 0 aliphatic heterocycles. The monoisotopic (exact) mass is 740 g/mol. The standard InChI is InChI=1S/C40H69O10P/c1-3-5-7-9-11-13-15-17-18-20-22-24-26-28-30-32-40(44)50-38(36-49-51(45,46)48-34-37(42)33-41)35-47-39(43)31-29-27-25-23-21-19-16-14-12-10-8-6-4-2/h5,7,11,13-14,16-18,22,24,37-38,41-42H,3-4,6,8-10,12,15,19-21,23,25-36H2,1-2H3,(H,45,46)/b7-5-,13-11-,16-14-,18-17-,24-22-/t37-,38+/m0/s1. The van der Waals surface area contributed by atoms with Crippen LogP contribution in [0, 0.1) is 0 Å². The molecular formula is C40H69O10P. The Morgan fingerprint density at radius 3 is 1.69 bits per heavy atom. The van der Waals surface area contributed by atoms with Crippen LogP contribution in [0.1, 0.15) is 142 Å². The van der Waals surface area contributed by atoms with Crippen LogP contribution in [0.5, 0.6) is 0 Å². The molecule has 294 valence electrons. The minimum atomic E-state index is -4.63. The average molecular weight is 741 g/mol. The summed E-state index contributed by atoms with van der Waals surface area (Å²) in [7, 11) is -4.63. The average Bonchev–Trinajstić information content (AvgIpc) is 3.12. The van der Waals surface area contributed by atoms with Gasteiger partial charge in [0.15, 0.2) is 6.10 Å². The number of rotatable bonds is 35. The van der Waals surface area contributed by atoms with Gasteiger partial charge in [0.1, 0.15) is 12.7 Å². The van der Waals surface area contributed by atoms with Crippen LogP contribution in [0.15, 0.2) is 60.8 Å². The molecule has 0 fully saturated rings. The molecular weight excluding hydrogens is 671 g/mol. The fourth-order valence-electron chi connectivity index (χ4n) is 4.68. The lowest BCUT2D eigenvalue weighted by Crippen LogP contribution is -2.29. The summed E-state index contributed by atoms with van der Waals surface area (Å²) in [5.41, 5.74) is 0. The molecule has 0 rings (SSSR count). The summed E-state index contributed by atoms with van der Waals surface area (Å²) in [6.07, 6.45) is 37.7. The predicted octanol–water partition coefficient (Wildman–Crippen LogP) is 9.55. The number of aliphatic hydroxyl groups is 2.